The van der Waals surface area contributed by atoms with Crippen LogP contribution < -0.4 is 25.8 Å². The number of anilines is 1. The predicted octanol–water partition coefficient (Wildman–Crippen LogP) is 2.94. The minimum absolute atomic E-state index is 0.0172. The fourth-order valence-corrected chi connectivity index (χ4v) is 3.63. The van der Waals surface area contributed by atoms with Gasteiger partial charge in [0.15, 0.2) is 11.5 Å². The van der Waals surface area contributed by atoms with Crippen LogP contribution >= 0.6 is 0 Å². The Morgan fingerprint density at radius 1 is 1.03 bits per heavy atom. The zero-order valence-corrected chi connectivity index (χ0v) is 17.1. The van der Waals surface area contributed by atoms with Gasteiger partial charge in [-0.05, 0) is 41.8 Å². The first kappa shape index (κ1) is 20.0. The second-order valence-corrected chi connectivity index (χ2v) is 7.75. The molecule has 3 aromatic rings. The molecular weight excluding hydrogens is 384 g/mol. The number of aromatic nitrogens is 2. The molecule has 0 aliphatic carbocycles. The molecule has 0 radical (unpaired) electrons. The van der Waals surface area contributed by atoms with Crippen molar-refractivity contribution in [1.82, 2.24) is 15.3 Å². The number of nitrogens with one attached hydrogen (secondary N) is 4. The Bertz CT molecular complexity index is 1100. The predicted molar refractivity (Wildman–Crippen MR) is 115 cm³/mol. The largest absolute Gasteiger partial charge is 0.490 e. The molecule has 2 heterocycles. The highest BCUT2D eigenvalue weighted by atomic mass is 16.5. The highest BCUT2D eigenvalue weighted by molar-refractivity contribution is 5.94. The Morgan fingerprint density at radius 2 is 1.80 bits per heavy atom. The maximum Gasteiger partial charge on any atom is 0.323 e. The van der Waals surface area contributed by atoms with Gasteiger partial charge in [0.25, 0.3) is 0 Å². The molecular formula is C22H26N4O4. The number of hydrogen-bond donors (Lipinski definition) is 4. The first-order valence-corrected chi connectivity index (χ1v) is 10.1. The summed E-state index contributed by atoms with van der Waals surface area (Å²) in [7, 11) is 0. The lowest BCUT2D eigenvalue weighted by atomic mass is 9.95. The number of fused-ring (bicyclic) bond motifs is 2. The Hall–Kier alpha value is -3.26. The van der Waals surface area contributed by atoms with Crippen molar-refractivity contribution in [1.29, 1.82) is 0 Å². The highest BCUT2D eigenvalue weighted by Gasteiger charge is 2.20. The number of amides is 1. The van der Waals surface area contributed by atoms with E-state index in [4.69, 9.17) is 9.47 Å². The number of carbonyl (C=O) groups is 1. The maximum absolute atomic E-state index is 12.5. The summed E-state index contributed by atoms with van der Waals surface area (Å²) in [6.07, 6.45) is 0.860. The summed E-state index contributed by atoms with van der Waals surface area (Å²) in [6.45, 7) is 5.65. The van der Waals surface area contributed by atoms with Crippen molar-refractivity contribution in [2.45, 2.75) is 26.3 Å². The third kappa shape index (κ3) is 4.49. The normalized spacial score (nSPS) is 14.5. The number of H-pyrrole nitrogens is 2. The van der Waals surface area contributed by atoms with Crippen LogP contribution in [0.3, 0.4) is 0 Å². The minimum atomic E-state index is -0.273. The van der Waals surface area contributed by atoms with E-state index < -0.39 is 0 Å². The number of rotatable bonds is 6. The Balaban J connectivity index is 1.42. The lowest BCUT2D eigenvalue weighted by Crippen LogP contribution is -2.33. The quantitative estimate of drug-likeness (QED) is 0.500. The van der Waals surface area contributed by atoms with Crippen LogP contribution in [-0.4, -0.2) is 35.6 Å². The molecule has 0 bridgehead atoms. The third-order valence-electron chi connectivity index (χ3n) is 5.08. The van der Waals surface area contributed by atoms with Crippen LogP contribution in [0.15, 0.2) is 41.2 Å². The molecule has 1 aliphatic rings. The first-order valence-electron chi connectivity index (χ1n) is 10.1. The standard InChI is InChI=1S/C22H26N4O4/c1-13(2)21(14-4-7-18-19(10-14)30-9-3-8-29-18)23-12-20(27)24-15-5-6-16-17(11-15)26-22(28)25-16/h4-7,10-11,13,21,23H,3,8-9,12H2,1-2H3,(H,24,27)(H2,25,26,28)/t21-/m1/s1. The molecule has 8 heteroatoms. The Morgan fingerprint density at radius 3 is 2.60 bits per heavy atom. The van der Waals surface area contributed by atoms with E-state index in [-0.39, 0.29) is 30.1 Å². The van der Waals surface area contributed by atoms with Crippen LogP contribution in [0.4, 0.5) is 5.69 Å². The molecule has 0 saturated heterocycles. The maximum atomic E-state index is 12.5. The fraction of sp³-hybridized carbons (Fsp3) is 0.364. The average Bonchev–Trinajstić information content (AvgIpc) is 2.92. The van der Waals surface area contributed by atoms with Crippen LogP contribution in [0.1, 0.15) is 31.9 Å². The van der Waals surface area contributed by atoms with Crippen molar-refractivity contribution in [2.75, 3.05) is 25.1 Å². The van der Waals surface area contributed by atoms with E-state index in [1.807, 2.05) is 18.2 Å². The molecule has 1 aliphatic heterocycles. The SMILES string of the molecule is CC(C)[C@@H](NCC(=O)Nc1ccc2[nH]c(=O)[nH]c2c1)c1ccc2c(c1)OCCCO2. The van der Waals surface area contributed by atoms with E-state index in [1.165, 1.54) is 0 Å². The van der Waals surface area contributed by atoms with E-state index >= 15 is 0 Å². The van der Waals surface area contributed by atoms with Crippen LogP contribution in [0.2, 0.25) is 0 Å². The van der Waals surface area contributed by atoms with Crippen LogP contribution in [0.5, 0.6) is 11.5 Å². The van der Waals surface area contributed by atoms with E-state index in [0.717, 1.165) is 23.5 Å². The van der Waals surface area contributed by atoms with Crippen molar-refractivity contribution >= 4 is 22.6 Å². The second-order valence-electron chi connectivity index (χ2n) is 7.75. The van der Waals surface area contributed by atoms with Gasteiger partial charge < -0.3 is 30.1 Å². The summed E-state index contributed by atoms with van der Waals surface area (Å²) < 4.78 is 11.5. The molecule has 0 saturated carbocycles. The third-order valence-corrected chi connectivity index (χ3v) is 5.08. The molecule has 0 unspecified atom stereocenters. The van der Waals surface area contributed by atoms with Gasteiger partial charge in [0.1, 0.15) is 0 Å². The van der Waals surface area contributed by atoms with Crippen molar-refractivity contribution in [3.8, 4) is 11.5 Å². The van der Waals surface area contributed by atoms with Crippen LogP contribution in [0, 0.1) is 5.92 Å². The topological polar surface area (TPSA) is 108 Å². The zero-order valence-electron chi connectivity index (χ0n) is 17.1. The van der Waals surface area contributed by atoms with Crippen LogP contribution in [0.25, 0.3) is 11.0 Å². The summed E-state index contributed by atoms with van der Waals surface area (Å²) >= 11 is 0. The number of benzene rings is 2. The average molecular weight is 410 g/mol. The van der Waals surface area contributed by atoms with Crippen molar-refractivity contribution in [3.05, 3.63) is 52.4 Å². The number of imidazole rings is 1. The Kier molecular flexibility index (Phi) is 5.76. The van der Waals surface area contributed by atoms with Gasteiger partial charge in [-0.2, -0.15) is 0 Å². The zero-order chi connectivity index (χ0) is 21.1. The van der Waals surface area contributed by atoms with Gasteiger partial charge in [0.05, 0.1) is 30.8 Å². The number of carbonyl (C=O) groups excluding carboxylic acids is 1. The van der Waals surface area contributed by atoms with Gasteiger partial charge in [-0.25, -0.2) is 4.79 Å². The summed E-state index contributed by atoms with van der Waals surface area (Å²) in [4.78, 5) is 29.2. The monoisotopic (exact) mass is 410 g/mol. The van der Waals surface area contributed by atoms with E-state index in [9.17, 15) is 9.59 Å². The van der Waals surface area contributed by atoms with E-state index in [0.29, 0.717) is 29.9 Å². The van der Waals surface area contributed by atoms with E-state index in [1.54, 1.807) is 18.2 Å². The van der Waals surface area contributed by atoms with Crippen molar-refractivity contribution in [2.24, 2.45) is 5.92 Å². The Labute approximate surface area is 174 Å². The summed E-state index contributed by atoms with van der Waals surface area (Å²) in [6, 6.07) is 11.2. The molecule has 1 atom stereocenters. The number of aromatic amines is 2. The van der Waals surface area contributed by atoms with Gasteiger partial charge in [-0.1, -0.05) is 19.9 Å². The smallest absolute Gasteiger partial charge is 0.323 e. The lowest BCUT2D eigenvalue weighted by molar-refractivity contribution is -0.115. The summed E-state index contributed by atoms with van der Waals surface area (Å²) in [5.74, 6) is 1.61. The fourth-order valence-electron chi connectivity index (χ4n) is 3.63. The molecule has 158 valence electrons. The molecule has 0 spiro atoms. The van der Waals surface area contributed by atoms with Crippen molar-refractivity contribution in [3.63, 3.8) is 0 Å². The van der Waals surface area contributed by atoms with Gasteiger partial charge in [0, 0.05) is 18.2 Å². The summed E-state index contributed by atoms with van der Waals surface area (Å²) in [5.41, 5.74) is 2.75. The molecule has 30 heavy (non-hydrogen) atoms. The van der Waals surface area contributed by atoms with Gasteiger partial charge >= 0.3 is 5.69 Å². The van der Waals surface area contributed by atoms with Crippen LogP contribution in [-0.2, 0) is 4.79 Å². The minimum Gasteiger partial charge on any atom is -0.490 e. The van der Waals surface area contributed by atoms with Gasteiger partial charge in [-0.15, -0.1) is 0 Å². The molecule has 4 rings (SSSR count). The first-order chi connectivity index (χ1) is 14.5. The molecule has 2 aromatic carbocycles. The lowest BCUT2D eigenvalue weighted by Gasteiger charge is -2.23. The molecule has 1 amide bonds. The number of ether oxygens (including phenoxy) is 2. The van der Waals surface area contributed by atoms with Gasteiger partial charge in [0.2, 0.25) is 5.91 Å². The second kappa shape index (κ2) is 8.62. The van der Waals surface area contributed by atoms with Crippen molar-refractivity contribution < 1.29 is 14.3 Å². The number of hydrogen-bond acceptors (Lipinski definition) is 5. The molecule has 4 N–H and O–H groups in total. The molecule has 0 fully saturated rings. The van der Waals surface area contributed by atoms with E-state index in [2.05, 4.69) is 34.4 Å². The molecule has 8 nitrogen and oxygen atoms in total. The van der Waals surface area contributed by atoms with Gasteiger partial charge in [-0.3, -0.25) is 4.79 Å². The molecule has 1 aromatic heterocycles. The summed E-state index contributed by atoms with van der Waals surface area (Å²) in [5, 5.41) is 6.21. The highest BCUT2D eigenvalue weighted by Crippen LogP contribution is 2.34.